The summed E-state index contributed by atoms with van der Waals surface area (Å²) in [6.07, 6.45) is -7.04. The zero-order valence-electron chi connectivity index (χ0n) is 6.24. The van der Waals surface area contributed by atoms with Gasteiger partial charge in [0.05, 0.1) is 6.61 Å². The summed E-state index contributed by atoms with van der Waals surface area (Å²) in [5.41, 5.74) is 0. The van der Waals surface area contributed by atoms with Crippen molar-refractivity contribution >= 4 is 0 Å². The smallest absolute Gasteiger partial charge is 0.184 e. The quantitative estimate of drug-likeness (QED) is 0.272. The Balaban J connectivity index is 2.63. The maximum atomic E-state index is 9.12. The highest BCUT2D eigenvalue weighted by Gasteiger charge is 2.42. The number of hydrogen-bond acceptors (Lipinski definition) is 6. The van der Waals surface area contributed by atoms with Gasteiger partial charge >= 0.3 is 0 Å². The zero-order chi connectivity index (χ0) is 9.30. The van der Waals surface area contributed by atoms with E-state index in [4.69, 9.17) is 25.5 Å². The molecular formula is C6H12O6. The summed E-state index contributed by atoms with van der Waals surface area (Å²) >= 11 is 0. The molecule has 0 amide bonds. The van der Waals surface area contributed by atoms with Gasteiger partial charge in [0.15, 0.2) is 6.29 Å². The molecule has 6 heteroatoms. The van der Waals surface area contributed by atoms with Gasteiger partial charge in [-0.3, -0.25) is 0 Å². The lowest BCUT2D eigenvalue weighted by Gasteiger charge is -2.37. The van der Waals surface area contributed by atoms with Crippen LogP contribution in [0.3, 0.4) is 0 Å². The number of aliphatic hydroxyl groups is 5. The molecule has 12 heavy (non-hydrogen) atoms. The molecule has 0 aromatic carbocycles. The lowest BCUT2D eigenvalue weighted by molar-refractivity contribution is -0.286. The lowest BCUT2D eigenvalue weighted by Crippen LogP contribution is -2.58. The summed E-state index contributed by atoms with van der Waals surface area (Å²) in [7, 11) is 0. The van der Waals surface area contributed by atoms with Crippen LogP contribution in [0, 0.1) is 0 Å². The van der Waals surface area contributed by atoms with E-state index in [1.807, 2.05) is 0 Å². The van der Waals surface area contributed by atoms with Crippen LogP contribution in [0.25, 0.3) is 0 Å². The predicted molar refractivity (Wildman–Crippen MR) is 36.0 cm³/mol. The zero-order valence-corrected chi connectivity index (χ0v) is 6.24. The van der Waals surface area contributed by atoms with Crippen LogP contribution in [0.5, 0.6) is 0 Å². The summed E-state index contributed by atoms with van der Waals surface area (Å²) < 4.78 is 4.58. The van der Waals surface area contributed by atoms with E-state index in [0.717, 1.165) is 0 Å². The molecule has 0 spiro atoms. The van der Waals surface area contributed by atoms with Gasteiger partial charge in [-0.15, -0.1) is 0 Å². The lowest BCUT2D eigenvalue weighted by atomic mass is 10.2. The average molecular weight is 181 g/mol. The van der Waals surface area contributed by atoms with Crippen molar-refractivity contribution in [3.05, 3.63) is 0 Å². The predicted octanol–water partition coefficient (Wildman–Crippen LogP) is -3.22. The molecule has 0 aliphatic carbocycles. The Bertz CT molecular complexity index is 146. The van der Waals surface area contributed by atoms with Crippen LogP contribution in [0.15, 0.2) is 0 Å². The highest BCUT2D eigenvalue weighted by molar-refractivity contribution is 4.87. The Morgan fingerprint density at radius 2 is 1.50 bits per heavy atom. The number of aliphatic hydroxyl groups excluding tert-OH is 5. The minimum absolute atomic E-state index is 0.526. The molecule has 0 aromatic heterocycles. The fourth-order valence-electron chi connectivity index (χ4n) is 1.08. The molecule has 1 fully saturated rings. The van der Waals surface area contributed by atoms with Gasteiger partial charge in [-0.25, -0.2) is 0 Å². The molecule has 5 N–H and O–H groups in total. The molecule has 5 atom stereocenters. The molecule has 0 radical (unpaired) electrons. The minimum Gasteiger partial charge on any atom is -0.394 e. The van der Waals surface area contributed by atoms with E-state index in [1.165, 1.54) is 0 Å². The van der Waals surface area contributed by atoms with Gasteiger partial charge in [-0.2, -0.15) is 0 Å². The van der Waals surface area contributed by atoms with Gasteiger partial charge in [0.1, 0.15) is 24.4 Å². The normalized spacial score (nSPS) is 49.2. The fourth-order valence-corrected chi connectivity index (χ4v) is 1.08. The number of ether oxygens (including phenoxy) is 1. The summed E-state index contributed by atoms with van der Waals surface area (Å²) in [6, 6.07) is 0. The number of rotatable bonds is 1. The molecule has 0 saturated carbocycles. The Morgan fingerprint density at radius 1 is 0.917 bits per heavy atom. The molecule has 0 aromatic rings. The second-order valence-electron chi connectivity index (χ2n) is 2.72. The summed E-state index contributed by atoms with van der Waals surface area (Å²) in [6.45, 7) is -0.526. The first-order valence-electron chi connectivity index (χ1n) is 3.56. The molecule has 1 saturated heterocycles. The maximum Gasteiger partial charge on any atom is 0.184 e. The van der Waals surface area contributed by atoms with Crippen molar-refractivity contribution in [3.63, 3.8) is 0 Å². The van der Waals surface area contributed by atoms with Crippen LogP contribution in [-0.4, -0.2) is 62.8 Å². The Hall–Kier alpha value is -0.240. The Labute approximate surface area is 68.6 Å². The summed E-state index contributed by atoms with van der Waals surface area (Å²) in [5.74, 6) is 0. The van der Waals surface area contributed by atoms with Crippen LogP contribution in [0.2, 0.25) is 0 Å². The molecule has 1 aliphatic rings. The first-order chi connectivity index (χ1) is 5.57. The van der Waals surface area contributed by atoms with Gasteiger partial charge in [0.2, 0.25) is 0 Å². The first-order valence-corrected chi connectivity index (χ1v) is 3.56. The van der Waals surface area contributed by atoms with Gasteiger partial charge in [0, 0.05) is 0 Å². The van der Waals surface area contributed by atoms with Crippen LogP contribution in [0.4, 0.5) is 0 Å². The third kappa shape index (κ3) is 1.58. The molecule has 0 unspecified atom stereocenters. The van der Waals surface area contributed by atoms with E-state index >= 15 is 0 Å². The topological polar surface area (TPSA) is 110 Å². The van der Waals surface area contributed by atoms with Crippen LogP contribution < -0.4 is 0 Å². The third-order valence-electron chi connectivity index (χ3n) is 1.87. The maximum absolute atomic E-state index is 9.12. The second-order valence-corrected chi connectivity index (χ2v) is 2.72. The van der Waals surface area contributed by atoms with Crippen LogP contribution >= 0.6 is 0 Å². The van der Waals surface area contributed by atoms with Gasteiger partial charge in [0.25, 0.3) is 0 Å². The fraction of sp³-hybridized carbons (Fsp3) is 1.00. The van der Waals surface area contributed by atoms with E-state index in [0.29, 0.717) is 0 Å². The van der Waals surface area contributed by atoms with E-state index in [9.17, 15) is 0 Å². The molecule has 0 bridgehead atoms. The van der Waals surface area contributed by atoms with E-state index in [2.05, 4.69) is 4.74 Å². The second kappa shape index (κ2) is 3.65. The van der Waals surface area contributed by atoms with E-state index in [1.54, 1.807) is 0 Å². The SMILES string of the molecule is OC[C@H]1O[C@H](O)[C@H](O)[C@@H](O)[13C@@H]1O. The Morgan fingerprint density at radius 3 is 2.00 bits per heavy atom. The standard InChI is InChI=1S/C6H12O6/c7-1-2-3(8)4(9)5(10)6(11)12-2/h2-11H,1H2/t2-,3-,4+,5-,6+/m1/s1/i3+1. The van der Waals surface area contributed by atoms with Crippen molar-refractivity contribution in [3.8, 4) is 0 Å². The van der Waals surface area contributed by atoms with Crippen molar-refractivity contribution in [2.75, 3.05) is 6.61 Å². The third-order valence-corrected chi connectivity index (χ3v) is 1.87. The van der Waals surface area contributed by atoms with Crippen molar-refractivity contribution in [1.29, 1.82) is 0 Å². The van der Waals surface area contributed by atoms with Crippen LogP contribution in [0.1, 0.15) is 0 Å². The highest BCUT2D eigenvalue weighted by atomic mass is 16.7. The van der Waals surface area contributed by atoms with E-state index in [-0.39, 0.29) is 0 Å². The van der Waals surface area contributed by atoms with Gasteiger partial charge in [-0.05, 0) is 0 Å². The van der Waals surface area contributed by atoms with Gasteiger partial charge < -0.3 is 30.3 Å². The molecule has 72 valence electrons. The molecule has 1 rings (SSSR count). The Kier molecular flexibility index (Phi) is 2.99. The number of hydrogen-bond donors (Lipinski definition) is 5. The van der Waals surface area contributed by atoms with Crippen molar-refractivity contribution < 1.29 is 30.3 Å². The summed E-state index contributed by atoms with van der Waals surface area (Å²) in [4.78, 5) is 0. The van der Waals surface area contributed by atoms with Crippen molar-refractivity contribution in [1.82, 2.24) is 0 Å². The van der Waals surface area contributed by atoms with E-state index < -0.39 is 37.3 Å². The molecule has 1 aliphatic heterocycles. The van der Waals surface area contributed by atoms with Crippen molar-refractivity contribution in [2.24, 2.45) is 0 Å². The monoisotopic (exact) mass is 181 g/mol. The average Bonchev–Trinajstić information content (AvgIpc) is 2.08. The molecule has 6 nitrogen and oxygen atoms in total. The molecule has 1 heterocycles. The van der Waals surface area contributed by atoms with Gasteiger partial charge in [-0.1, -0.05) is 0 Å². The molecular weight excluding hydrogens is 169 g/mol. The first kappa shape index (κ1) is 9.85. The van der Waals surface area contributed by atoms with Crippen molar-refractivity contribution in [2.45, 2.75) is 30.7 Å². The minimum atomic E-state index is -1.57. The highest BCUT2D eigenvalue weighted by Crippen LogP contribution is 2.18. The summed E-state index contributed by atoms with van der Waals surface area (Å²) in [5, 5.41) is 44.7. The largest absolute Gasteiger partial charge is 0.394 e. The van der Waals surface area contributed by atoms with Crippen LogP contribution in [-0.2, 0) is 4.74 Å².